The second-order valence-corrected chi connectivity index (χ2v) is 9.18. The second-order valence-electron chi connectivity index (χ2n) is 8.32. The van der Waals surface area contributed by atoms with E-state index in [9.17, 15) is 0 Å². The fourth-order valence-electron chi connectivity index (χ4n) is 4.30. The molecule has 4 rings (SSSR count). The van der Waals surface area contributed by atoms with E-state index >= 15 is 0 Å². The van der Waals surface area contributed by atoms with Crippen LogP contribution in [0, 0.1) is 5.92 Å². The Morgan fingerprint density at radius 2 is 1.74 bits per heavy atom. The first-order chi connectivity index (χ1) is 15.2. The van der Waals surface area contributed by atoms with Crippen molar-refractivity contribution >= 4 is 15.9 Å². The maximum absolute atomic E-state index is 5.84. The van der Waals surface area contributed by atoms with Crippen molar-refractivity contribution in [3.63, 3.8) is 0 Å². The van der Waals surface area contributed by atoms with E-state index in [0.29, 0.717) is 26.4 Å². The molecule has 0 unspecified atom stereocenters. The number of ether oxygens (including phenoxy) is 4. The van der Waals surface area contributed by atoms with E-state index in [-0.39, 0.29) is 0 Å². The highest BCUT2D eigenvalue weighted by molar-refractivity contribution is 9.10. The summed E-state index contributed by atoms with van der Waals surface area (Å²) in [6.45, 7) is 5.89. The number of rotatable bonds is 9. The van der Waals surface area contributed by atoms with Crippen molar-refractivity contribution in [1.82, 2.24) is 4.90 Å². The average Bonchev–Trinajstić information content (AvgIpc) is 2.80. The molecule has 0 amide bonds. The zero-order chi connectivity index (χ0) is 21.5. The number of piperidine rings is 1. The van der Waals surface area contributed by atoms with Crippen molar-refractivity contribution in [3.05, 3.63) is 52.0 Å². The number of benzene rings is 2. The summed E-state index contributed by atoms with van der Waals surface area (Å²) >= 11 is 3.59. The fraction of sp³-hybridized carbons (Fsp3) is 0.520. The van der Waals surface area contributed by atoms with Crippen LogP contribution in [0.15, 0.2) is 40.9 Å². The van der Waals surface area contributed by atoms with Crippen LogP contribution < -0.4 is 14.2 Å². The van der Waals surface area contributed by atoms with Crippen LogP contribution in [-0.4, -0.2) is 58.1 Å². The fourth-order valence-corrected chi connectivity index (χ4v) is 4.66. The Balaban J connectivity index is 1.22. The highest BCUT2D eigenvalue weighted by Gasteiger charge is 2.20. The molecule has 2 aromatic rings. The van der Waals surface area contributed by atoms with E-state index in [1.807, 2.05) is 6.07 Å². The van der Waals surface area contributed by atoms with Gasteiger partial charge in [0.1, 0.15) is 25.6 Å². The maximum Gasteiger partial charge on any atom is 0.161 e. The number of fused-ring (bicyclic) bond motifs is 1. The first kappa shape index (κ1) is 22.4. The number of hydrogen-bond donors (Lipinski definition) is 0. The van der Waals surface area contributed by atoms with Crippen molar-refractivity contribution in [2.24, 2.45) is 5.92 Å². The summed E-state index contributed by atoms with van der Waals surface area (Å²) in [5.74, 6) is 3.41. The zero-order valence-corrected chi connectivity index (χ0v) is 19.9. The van der Waals surface area contributed by atoms with Crippen LogP contribution in [0.4, 0.5) is 0 Å². The monoisotopic (exact) mass is 489 g/mol. The third kappa shape index (κ3) is 6.37. The minimum Gasteiger partial charge on any atom is -0.490 e. The predicted octanol–water partition coefficient (Wildman–Crippen LogP) is 4.74. The second kappa shape index (κ2) is 11.2. The highest BCUT2D eigenvalue weighted by atomic mass is 79.9. The summed E-state index contributed by atoms with van der Waals surface area (Å²) in [4.78, 5) is 2.59. The lowest BCUT2D eigenvalue weighted by atomic mass is 9.90. The largest absolute Gasteiger partial charge is 0.490 e. The van der Waals surface area contributed by atoms with E-state index in [1.54, 1.807) is 7.11 Å². The summed E-state index contributed by atoms with van der Waals surface area (Å²) in [5, 5.41) is 0. The van der Waals surface area contributed by atoms with Crippen molar-refractivity contribution in [2.75, 3.05) is 53.2 Å². The van der Waals surface area contributed by atoms with Crippen molar-refractivity contribution in [1.29, 1.82) is 0 Å². The molecular weight excluding hydrogens is 458 g/mol. The van der Waals surface area contributed by atoms with Gasteiger partial charge in [-0.1, -0.05) is 12.1 Å². The SMILES string of the molecule is COCCOc1cc(CC2CCN(CCc3ccc4c(c3)OCCO4)CC2)ccc1Br. The van der Waals surface area contributed by atoms with Crippen molar-refractivity contribution in [2.45, 2.75) is 25.7 Å². The van der Waals surface area contributed by atoms with Gasteiger partial charge >= 0.3 is 0 Å². The van der Waals surface area contributed by atoms with Gasteiger partial charge in [0.25, 0.3) is 0 Å². The third-order valence-electron chi connectivity index (χ3n) is 6.10. The molecule has 0 aliphatic carbocycles. The van der Waals surface area contributed by atoms with Crippen LogP contribution >= 0.6 is 15.9 Å². The molecule has 5 nitrogen and oxygen atoms in total. The van der Waals surface area contributed by atoms with Crippen molar-refractivity contribution < 1.29 is 18.9 Å². The molecular formula is C25H32BrNO4. The zero-order valence-electron chi connectivity index (χ0n) is 18.3. The molecule has 0 N–H and O–H groups in total. The van der Waals surface area contributed by atoms with E-state index in [1.165, 1.54) is 37.1 Å². The van der Waals surface area contributed by atoms with Crippen LogP contribution in [0.25, 0.3) is 0 Å². The van der Waals surface area contributed by atoms with Gasteiger partial charge in [-0.2, -0.15) is 0 Å². The Kier molecular flexibility index (Phi) is 8.11. The van der Waals surface area contributed by atoms with Gasteiger partial charge in [0.2, 0.25) is 0 Å². The van der Waals surface area contributed by atoms with Gasteiger partial charge in [0.05, 0.1) is 11.1 Å². The predicted molar refractivity (Wildman–Crippen MR) is 126 cm³/mol. The molecule has 0 saturated carbocycles. The van der Waals surface area contributed by atoms with E-state index in [4.69, 9.17) is 18.9 Å². The van der Waals surface area contributed by atoms with E-state index < -0.39 is 0 Å². The van der Waals surface area contributed by atoms with Crippen LogP contribution in [0.2, 0.25) is 0 Å². The summed E-state index contributed by atoms with van der Waals surface area (Å²) in [5.41, 5.74) is 2.67. The number of likely N-dealkylation sites (tertiary alicyclic amines) is 1. The molecule has 6 heteroatoms. The minimum atomic E-state index is 0.570. The molecule has 0 spiro atoms. The highest BCUT2D eigenvalue weighted by Crippen LogP contribution is 2.31. The molecule has 2 aliphatic rings. The molecule has 2 heterocycles. The lowest BCUT2D eigenvalue weighted by Gasteiger charge is -2.32. The molecule has 1 saturated heterocycles. The van der Waals surface area contributed by atoms with Gasteiger partial charge in [-0.3, -0.25) is 0 Å². The lowest BCUT2D eigenvalue weighted by Crippen LogP contribution is -2.35. The molecule has 31 heavy (non-hydrogen) atoms. The van der Waals surface area contributed by atoms with Crippen LogP contribution in [0.1, 0.15) is 24.0 Å². The Morgan fingerprint density at radius 3 is 2.55 bits per heavy atom. The van der Waals surface area contributed by atoms with Crippen LogP contribution in [0.3, 0.4) is 0 Å². The normalized spacial score (nSPS) is 17.0. The Bertz CT molecular complexity index is 851. The van der Waals surface area contributed by atoms with E-state index in [2.05, 4.69) is 51.2 Å². The molecule has 1 fully saturated rings. The number of hydrogen-bond acceptors (Lipinski definition) is 5. The summed E-state index contributed by atoms with van der Waals surface area (Å²) in [6, 6.07) is 12.8. The molecule has 168 valence electrons. The third-order valence-corrected chi connectivity index (χ3v) is 6.75. The van der Waals surface area contributed by atoms with Gasteiger partial charge < -0.3 is 23.8 Å². The van der Waals surface area contributed by atoms with Crippen LogP contribution in [0.5, 0.6) is 17.2 Å². The summed E-state index contributed by atoms with van der Waals surface area (Å²) in [6.07, 6.45) is 4.66. The Morgan fingerprint density at radius 1 is 0.968 bits per heavy atom. The van der Waals surface area contributed by atoms with Gasteiger partial charge in [-0.05, 0) is 96.0 Å². The molecule has 0 aromatic heterocycles. The molecule has 0 bridgehead atoms. The summed E-state index contributed by atoms with van der Waals surface area (Å²) in [7, 11) is 1.69. The minimum absolute atomic E-state index is 0.570. The van der Waals surface area contributed by atoms with Gasteiger partial charge in [0.15, 0.2) is 11.5 Å². The van der Waals surface area contributed by atoms with Crippen LogP contribution in [-0.2, 0) is 17.6 Å². The number of methoxy groups -OCH3 is 1. The Hall–Kier alpha value is -1.76. The first-order valence-electron chi connectivity index (χ1n) is 11.2. The van der Waals surface area contributed by atoms with E-state index in [0.717, 1.165) is 47.0 Å². The Labute approximate surface area is 193 Å². The lowest BCUT2D eigenvalue weighted by molar-refractivity contribution is 0.146. The summed E-state index contributed by atoms with van der Waals surface area (Å²) < 4.78 is 23.3. The van der Waals surface area contributed by atoms with Gasteiger partial charge in [-0.25, -0.2) is 0 Å². The topological polar surface area (TPSA) is 40.2 Å². The number of halogens is 1. The molecule has 0 radical (unpaired) electrons. The van der Waals surface area contributed by atoms with Gasteiger partial charge in [0, 0.05) is 13.7 Å². The smallest absolute Gasteiger partial charge is 0.161 e. The first-order valence-corrected chi connectivity index (χ1v) is 12.0. The molecule has 2 aromatic carbocycles. The average molecular weight is 490 g/mol. The van der Waals surface area contributed by atoms with Gasteiger partial charge in [-0.15, -0.1) is 0 Å². The maximum atomic E-state index is 5.84. The quantitative estimate of drug-likeness (QED) is 0.475. The molecule has 2 aliphatic heterocycles. The standard InChI is InChI=1S/C25H32BrNO4/c1-28-12-13-30-24-18-21(2-4-22(24)26)16-20-7-10-27(11-8-20)9-6-19-3-5-23-25(17-19)31-15-14-29-23/h2-5,17-18,20H,6-16H2,1H3. The molecule has 0 atom stereocenters. The van der Waals surface area contributed by atoms with Crippen molar-refractivity contribution in [3.8, 4) is 17.2 Å². The number of nitrogens with zero attached hydrogens (tertiary/aromatic N) is 1.